The summed E-state index contributed by atoms with van der Waals surface area (Å²) >= 11 is 6.58. The molecular weight excluding hydrogens is 424 g/mol. The highest BCUT2D eigenvalue weighted by Crippen LogP contribution is 2.32. The van der Waals surface area contributed by atoms with E-state index >= 15 is 0 Å². The van der Waals surface area contributed by atoms with Crippen molar-refractivity contribution in [3.05, 3.63) is 52.9 Å². The Morgan fingerprint density at radius 3 is 2.68 bits per heavy atom. The van der Waals surface area contributed by atoms with Gasteiger partial charge in [-0.05, 0) is 18.2 Å². The Morgan fingerprint density at radius 1 is 1.25 bits per heavy atom. The zero-order valence-electron chi connectivity index (χ0n) is 13.6. The first-order valence-corrected chi connectivity index (χ1v) is 8.84. The molecule has 0 fully saturated rings. The van der Waals surface area contributed by atoms with E-state index in [0.29, 0.717) is 12.3 Å². The highest BCUT2D eigenvalue weighted by molar-refractivity contribution is 7.99. The number of nitrogens with zero attached hydrogens (tertiary/aromatic N) is 3. The highest BCUT2D eigenvalue weighted by Gasteiger charge is 2.31. The molecule has 28 heavy (non-hydrogen) atoms. The van der Waals surface area contributed by atoms with Gasteiger partial charge in [-0.2, -0.15) is 13.2 Å². The molecule has 1 N–H and O–H groups in total. The van der Waals surface area contributed by atoms with Crippen molar-refractivity contribution in [2.75, 3.05) is 11.1 Å². The quantitative estimate of drug-likeness (QED) is 0.466. The first kappa shape index (κ1) is 20.1. The third kappa shape index (κ3) is 4.78. The van der Waals surface area contributed by atoms with Crippen LogP contribution in [0, 0.1) is 5.82 Å². The molecule has 0 unspecified atom stereocenters. The van der Waals surface area contributed by atoms with Crippen LogP contribution in [0.5, 0.6) is 0 Å². The molecule has 1 aromatic carbocycles. The second-order valence-electron chi connectivity index (χ2n) is 5.24. The zero-order valence-corrected chi connectivity index (χ0v) is 15.2. The molecule has 3 aromatic rings. The van der Waals surface area contributed by atoms with E-state index in [9.17, 15) is 22.4 Å². The topological polar surface area (TPSA) is 80.9 Å². The van der Waals surface area contributed by atoms with Gasteiger partial charge < -0.3 is 9.73 Å². The van der Waals surface area contributed by atoms with Gasteiger partial charge in [0.05, 0.1) is 21.9 Å². The predicted molar refractivity (Wildman–Crippen MR) is 93.3 cm³/mol. The standard InChI is InChI=1S/C16H9ClF4N4O2S/c17-10-5-8(16(19,20)21)6-22-13(10)23-12(26)7-28-15-25-24-14(27-15)9-3-1-2-4-11(9)18/h1-6H,7H2,(H,22,23,26). The molecule has 0 saturated carbocycles. The van der Waals surface area contributed by atoms with Gasteiger partial charge in [0, 0.05) is 6.20 Å². The van der Waals surface area contributed by atoms with Crippen molar-refractivity contribution in [2.24, 2.45) is 0 Å². The van der Waals surface area contributed by atoms with Crippen LogP contribution in [0.3, 0.4) is 0 Å². The van der Waals surface area contributed by atoms with E-state index in [4.69, 9.17) is 16.0 Å². The van der Waals surface area contributed by atoms with Crippen molar-refractivity contribution in [2.45, 2.75) is 11.4 Å². The van der Waals surface area contributed by atoms with E-state index in [-0.39, 0.29) is 33.3 Å². The molecule has 0 spiro atoms. The fourth-order valence-corrected chi connectivity index (χ4v) is 2.77. The average molecular weight is 433 g/mol. The number of benzene rings is 1. The molecule has 12 heteroatoms. The number of hydrogen-bond acceptors (Lipinski definition) is 6. The number of amides is 1. The Kier molecular flexibility index (Phi) is 5.84. The molecule has 1 amide bonds. The minimum absolute atomic E-state index is 0.0138. The number of alkyl halides is 3. The van der Waals surface area contributed by atoms with Crippen LogP contribution in [0.1, 0.15) is 5.56 Å². The van der Waals surface area contributed by atoms with Crippen LogP contribution < -0.4 is 5.32 Å². The van der Waals surface area contributed by atoms with Crippen molar-refractivity contribution < 1.29 is 26.8 Å². The summed E-state index contributed by atoms with van der Waals surface area (Å²) in [5, 5.41) is 9.36. The Morgan fingerprint density at radius 2 is 2.00 bits per heavy atom. The zero-order chi connectivity index (χ0) is 20.3. The van der Waals surface area contributed by atoms with Crippen LogP contribution in [0.25, 0.3) is 11.5 Å². The van der Waals surface area contributed by atoms with E-state index in [1.807, 2.05) is 0 Å². The molecule has 0 aliphatic carbocycles. The third-order valence-electron chi connectivity index (χ3n) is 3.26. The molecule has 0 atom stereocenters. The van der Waals surface area contributed by atoms with E-state index in [2.05, 4.69) is 20.5 Å². The maximum atomic E-state index is 13.7. The molecule has 0 aliphatic heterocycles. The lowest BCUT2D eigenvalue weighted by Gasteiger charge is -2.09. The van der Waals surface area contributed by atoms with Gasteiger partial charge in [-0.25, -0.2) is 9.37 Å². The molecule has 2 aromatic heterocycles. The molecule has 2 heterocycles. The normalized spacial score (nSPS) is 11.5. The van der Waals surface area contributed by atoms with Gasteiger partial charge in [0.1, 0.15) is 5.82 Å². The van der Waals surface area contributed by atoms with Gasteiger partial charge in [0.2, 0.25) is 5.91 Å². The highest BCUT2D eigenvalue weighted by atomic mass is 35.5. The van der Waals surface area contributed by atoms with Crippen LogP contribution in [0.2, 0.25) is 5.02 Å². The summed E-state index contributed by atoms with van der Waals surface area (Å²) in [6.07, 6.45) is -4.03. The van der Waals surface area contributed by atoms with Gasteiger partial charge in [-0.3, -0.25) is 4.79 Å². The first-order valence-electron chi connectivity index (χ1n) is 7.48. The molecule has 3 rings (SSSR count). The number of anilines is 1. The van der Waals surface area contributed by atoms with Crippen LogP contribution in [0.4, 0.5) is 23.4 Å². The predicted octanol–water partition coefficient (Wildman–Crippen LogP) is 4.67. The molecule has 0 bridgehead atoms. The molecule has 0 aliphatic rings. The molecule has 146 valence electrons. The minimum atomic E-state index is -4.59. The smallest absolute Gasteiger partial charge is 0.411 e. The van der Waals surface area contributed by atoms with Gasteiger partial charge in [-0.1, -0.05) is 35.5 Å². The molecule has 6 nitrogen and oxygen atoms in total. The third-order valence-corrected chi connectivity index (χ3v) is 4.37. The van der Waals surface area contributed by atoms with Gasteiger partial charge in [0.15, 0.2) is 5.82 Å². The van der Waals surface area contributed by atoms with Gasteiger partial charge >= 0.3 is 6.18 Å². The Balaban J connectivity index is 1.60. The number of aromatic nitrogens is 3. The van der Waals surface area contributed by atoms with E-state index in [0.717, 1.165) is 11.8 Å². The number of rotatable bonds is 5. The van der Waals surface area contributed by atoms with Crippen molar-refractivity contribution in [3.8, 4) is 11.5 Å². The van der Waals surface area contributed by atoms with Crippen molar-refractivity contribution in [3.63, 3.8) is 0 Å². The fourth-order valence-electron chi connectivity index (χ4n) is 1.99. The number of carbonyl (C=O) groups excluding carboxylic acids is 1. The van der Waals surface area contributed by atoms with E-state index < -0.39 is 23.5 Å². The largest absolute Gasteiger partial charge is 0.417 e. The van der Waals surface area contributed by atoms with Crippen molar-refractivity contribution in [1.82, 2.24) is 15.2 Å². The SMILES string of the molecule is O=C(CSc1nnc(-c2ccccc2F)o1)Nc1ncc(C(F)(F)F)cc1Cl. The van der Waals surface area contributed by atoms with E-state index in [1.165, 1.54) is 18.2 Å². The Labute approximate surface area is 164 Å². The summed E-state index contributed by atoms with van der Waals surface area (Å²) in [6.45, 7) is 0. The average Bonchev–Trinajstić information content (AvgIpc) is 3.10. The molecular formula is C16H9ClF4N4O2S. The summed E-state index contributed by atoms with van der Waals surface area (Å²) in [6, 6.07) is 6.47. The van der Waals surface area contributed by atoms with Gasteiger partial charge in [-0.15, -0.1) is 10.2 Å². The Hall–Kier alpha value is -2.66. The molecule has 0 saturated heterocycles. The number of halogens is 5. The van der Waals surface area contributed by atoms with Crippen LogP contribution >= 0.6 is 23.4 Å². The minimum Gasteiger partial charge on any atom is -0.411 e. The second kappa shape index (κ2) is 8.15. The number of nitrogens with one attached hydrogen (secondary N) is 1. The van der Waals surface area contributed by atoms with Crippen molar-refractivity contribution >= 4 is 35.1 Å². The first-order chi connectivity index (χ1) is 13.2. The number of carbonyl (C=O) groups is 1. The summed E-state index contributed by atoms with van der Waals surface area (Å²) in [5.41, 5.74) is -0.913. The summed E-state index contributed by atoms with van der Waals surface area (Å²) in [4.78, 5) is 15.5. The lowest BCUT2D eigenvalue weighted by Crippen LogP contribution is -2.16. The second-order valence-corrected chi connectivity index (χ2v) is 6.58. The van der Waals surface area contributed by atoms with Crippen LogP contribution in [-0.4, -0.2) is 26.8 Å². The number of thioether (sulfide) groups is 1. The van der Waals surface area contributed by atoms with E-state index in [1.54, 1.807) is 6.07 Å². The van der Waals surface area contributed by atoms with Crippen LogP contribution in [0.15, 0.2) is 46.2 Å². The Bertz CT molecular complexity index is 1010. The maximum Gasteiger partial charge on any atom is 0.417 e. The monoisotopic (exact) mass is 432 g/mol. The molecule has 0 radical (unpaired) electrons. The maximum absolute atomic E-state index is 13.7. The van der Waals surface area contributed by atoms with Gasteiger partial charge in [0.25, 0.3) is 11.1 Å². The summed E-state index contributed by atoms with van der Waals surface area (Å²) in [5.74, 6) is -1.61. The lowest BCUT2D eigenvalue weighted by molar-refractivity contribution is -0.137. The summed E-state index contributed by atoms with van der Waals surface area (Å²) in [7, 11) is 0. The van der Waals surface area contributed by atoms with Crippen molar-refractivity contribution in [1.29, 1.82) is 0 Å². The van der Waals surface area contributed by atoms with Crippen LogP contribution in [-0.2, 0) is 11.0 Å². The fraction of sp³-hybridized carbons (Fsp3) is 0.125. The lowest BCUT2D eigenvalue weighted by atomic mass is 10.2. The number of hydrogen-bond donors (Lipinski definition) is 1. The summed E-state index contributed by atoms with van der Waals surface area (Å²) < 4.78 is 56.7. The number of pyridine rings is 1.